The molecule has 0 saturated heterocycles. The van der Waals surface area contributed by atoms with Crippen molar-refractivity contribution in [3.05, 3.63) is 24.8 Å². The van der Waals surface area contributed by atoms with Crippen LogP contribution in [0.2, 0.25) is 0 Å². The highest BCUT2D eigenvalue weighted by Crippen LogP contribution is 1.90. The van der Waals surface area contributed by atoms with Gasteiger partial charge in [0.05, 0.1) is 0 Å². The van der Waals surface area contributed by atoms with Gasteiger partial charge in [-0.3, -0.25) is 0 Å². The van der Waals surface area contributed by atoms with Gasteiger partial charge in [0.15, 0.2) is 0 Å². The Morgan fingerprint density at radius 1 is 0.923 bits per heavy atom. The second-order valence-electron chi connectivity index (χ2n) is 2.18. The zero-order valence-corrected chi connectivity index (χ0v) is 11.0. The summed E-state index contributed by atoms with van der Waals surface area (Å²) in [4.78, 5) is 0. The molecule has 0 heteroatoms. The molecule has 0 bridgehead atoms. The SMILES string of the molecule is C/C=C/C(C)C.C=CC.CC.CC. The molecule has 0 aromatic rings. The average Bonchev–Trinajstić information content (AvgIpc) is 2.12. The molecule has 0 heterocycles. The lowest BCUT2D eigenvalue weighted by Crippen LogP contribution is -1.73. The highest BCUT2D eigenvalue weighted by Gasteiger charge is 1.76. The molecule has 0 spiro atoms. The molecule has 0 aromatic heterocycles. The van der Waals surface area contributed by atoms with E-state index in [1.165, 1.54) is 0 Å². The Bertz CT molecular complexity index is 68.1. The number of hydrogen-bond donors (Lipinski definition) is 0. The second kappa shape index (κ2) is 42.0. The largest absolute Gasteiger partial charge is 0.103 e. The quantitative estimate of drug-likeness (QED) is 0.477. The third-order valence-electron chi connectivity index (χ3n) is 0.577. The minimum absolute atomic E-state index is 0.718. The summed E-state index contributed by atoms with van der Waals surface area (Å²) in [7, 11) is 0. The molecule has 0 saturated carbocycles. The molecule has 82 valence electrons. The zero-order chi connectivity index (χ0) is 11.7. The lowest BCUT2D eigenvalue weighted by atomic mass is 10.2. The van der Waals surface area contributed by atoms with E-state index in [0.29, 0.717) is 0 Å². The van der Waals surface area contributed by atoms with Gasteiger partial charge in [-0.2, -0.15) is 0 Å². The van der Waals surface area contributed by atoms with Crippen LogP contribution >= 0.6 is 0 Å². The topological polar surface area (TPSA) is 0 Å². The average molecular weight is 186 g/mol. The van der Waals surface area contributed by atoms with E-state index in [9.17, 15) is 0 Å². The van der Waals surface area contributed by atoms with E-state index in [4.69, 9.17) is 0 Å². The first-order valence-corrected chi connectivity index (χ1v) is 5.38. The molecule has 0 aromatic carbocycles. The summed E-state index contributed by atoms with van der Waals surface area (Å²) < 4.78 is 0. The molecule has 13 heavy (non-hydrogen) atoms. The zero-order valence-electron chi connectivity index (χ0n) is 11.0. The van der Waals surface area contributed by atoms with Crippen molar-refractivity contribution in [2.45, 2.75) is 55.4 Å². The van der Waals surface area contributed by atoms with Crippen molar-refractivity contribution in [3.8, 4) is 0 Å². The maximum absolute atomic E-state index is 3.36. The fourth-order valence-electron chi connectivity index (χ4n) is 0.385. The molecule has 0 atom stereocenters. The molecule has 0 radical (unpaired) electrons. The van der Waals surface area contributed by atoms with Crippen molar-refractivity contribution in [1.82, 2.24) is 0 Å². The van der Waals surface area contributed by atoms with Gasteiger partial charge in [-0.1, -0.05) is 59.8 Å². The number of hydrogen-bond acceptors (Lipinski definition) is 0. The summed E-state index contributed by atoms with van der Waals surface area (Å²) in [5, 5.41) is 0. The first-order chi connectivity index (χ1) is 6.18. The number of allylic oxidation sites excluding steroid dienone is 3. The fraction of sp³-hybridized carbons (Fsp3) is 0.692. The molecular weight excluding hydrogens is 156 g/mol. The van der Waals surface area contributed by atoms with Crippen molar-refractivity contribution in [3.63, 3.8) is 0 Å². The summed E-state index contributed by atoms with van der Waals surface area (Å²) in [6.45, 7) is 19.6. The first-order valence-electron chi connectivity index (χ1n) is 5.38. The van der Waals surface area contributed by atoms with E-state index in [-0.39, 0.29) is 0 Å². The van der Waals surface area contributed by atoms with Crippen molar-refractivity contribution in [2.24, 2.45) is 5.92 Å². The van der Waals surface area contributed by atoms with Gasteiger partial charge in [-0.15, -0.1) is 6.58 Å². The monoisotopic (exact) mass is 186 g/mol. The smallest absolute Gasteiger partial charge is 0.0291 e. The molecule has 0 aliphatic heterocycles. The Hall–Kier alpha value is -0.520. The maximum Gasteiger partial charge on any atom is -0.0291 e. The van der Waals surface area contributed by atoms with Crippen LogP contribution in [0.25, 0.3) is 0 Å². The molecule has 0 aliphatic rings. The predicted octanol–water partition coefficient (Wildman–Crippen LogP) is 5.46. The van der Waals surface area contributed by atoms with Gasteiger partial charge in [-0.25, -0.2) is 0 Å². The van der Waals surface area contributed by atoms with Gasteiger partial charge in [0, 0.05) is 0 Å². The summed E-state index contributed by atoms with van der Waals surface area (Å²) in [5.74, 6) is 0.718. The van der Waals surface area contributed by atoms with E-state index < -0.39 is 0 Å². The van der Waals surface area contributed by atoms with E-state index in [1.54, 1.807) is 6.08 Å². The standard InChI is InChI=1S/C6H12.C3H6.2C2H6/c1-4-5-6(2)3;1-3-2;2*1-2/h4-6H,1-3H3;3H,1H2,2H3;2*1-2H3/b5-4+;;;. The summed E-state index contributed by atoms with van der Waals surface area (Å²) in [6.07, 6.45) is 5.99. The third-order valence-corrected chi connectivity index (χ3v) is 0.577. The predicted molar refractivity (Wildman–Crippen MR) is 68.2 cm³/mol. The summed E-state index contributed by atoms with van der Waals surface area (Å²) in [5.41, 5.74) is 0. The Balaban J connectivity index is -0.0000000493. The van der Waals surface area contributed by atoms with Gasteiger partial charge in [0.1, 0.15) is 0 Å². The van der Waals surface area contributed by atoms with Crippen LogP contribution < -0.4 is 0 Å². The van der Waals surface area contributed by atoms with Gasteiger partial charge in [-0.05, 0) is 19.8 Å². The molecule has 0 unspecified atom stereocenters. The van der Waals surface area contributed by atoms with E-state index >= 15 is 0 Å². The van der Waals surface area contributed by atoms with Gasteiger partial charge in [0.25, 0.3) is 0 Å². The highest BCUT2D eigenvalue weighted by molar-refractivity contribution is 4.79. The van der Waals surface area contributed by atoms with E-state index in [0.717, 1.165) is 5.92 Å². The third kappa shape index (κ3) is 168. The van der Waals surface area contributed by atoms with Crippen LogP contribution in [0.3, 0.4) is 0 Å². The normalized spacial score (nSPS) is 7.15. The first kappa shape index (κ1) is 22.9. The minimum Gasteiger partial charge on any atom is -0.103 e. The van der Waals surface area contributed by atoms with Crippen LogP contribution in [0.5, 0.6) is 0 Å². The molecular formula is C13H30. The van der Waals surface area contributed by atoms with Crippen LogP contribution in [0.1, 0.15) is 55.4 Å². The van der Waals surface area contributed by atoms with Crippen molar-refractivity contribution >= 4 is 0 Å². The molecule has 0 amide bonds. The van der Waals surface area contributed by atoms with Gasteiger partial charge >= 0.3 is 0 Å². The second-order valence-corrected chi connectivity index (χ2v) is 2.18. The Kier molecular flexibility index (Phi) is 73.9. The molecule has 0 nitrogen and oxygen atoms in total. The number of rotatable bonds is 1. The lowest BCUT2D eigenvalue weighted by molar-refractivity contribution is 0.830. The van der Waals surface area contributed by atoms with Gasteiger partial charge in [0.2, 0.25) is 0 Å². The molecule has 0 N–H and O–H groups in total. The van der Waals surface area contributed by atoms with E-state index in [1.807, 2.05) is 41.5 Å². The van der Waals surface area contributed by atoms with Crippen LogP contribution in [0.4, 0.5) is 0 Å². The Morgan fingerprint density at radius 3 is 1.15 bits per heavy atom. The van der Waals surface area contributed by atoms with Crippen molar-refractivity contribution in [2.75, 3.05) is 0 Å². The fourth-order valence-corrected chi connectivity index (χ4v) is 0.385. The summed E-state index contributed by atoms with van der Waals surface area (Å²) in [6, 6.07) is 0. The highest BCUT2D eigenvalue weighted by atomic mass is 13.8. The van der Waals surface area contributed by atoms with Crippen LogP contribution in [-0.4, -0.2) is 0 Å². The Morgan fingerprint density at radius 2 is 1.15 bits per heavy atom. The maximum atomic E-state index is 3.36. The molecule has 0 aliphatic carbocycles. The van der Waals surface area contributed by atoms with E-state index in [2.05, 4.69) is 32.6 Å². The lowest BCUT2D eigenvalue weighted by Gasteiger charge is -1.86. The van der Waals surface area contributed by atoms with Crippen LogP contribution in [-0.2, 0) is 0 Å². The van der Waals surface area contributed by atoms with Crippen molar-refractivity contribution in [1.29, 1.82) is 0 Å². The minimum atomic E-state index is 0.718. The molecule has 0 fully saturated rings. The van der Waals surface area contributed by atoms with Crippen LogP contribution in [0.15, 0.2) is 24.8 Å². The molecule has 0 rings (SSSR count). The van der Waals surface area contributed by atoms with Gasteiger partial charge < -0.3 is 0 Å². The Labute approximate surface area is 86.8 Å². The van der Waals surface area contributed by atoms with Crippen molar-refractivity contribution < 1.29 is 0 Å². The van der Waals surface area contributed by atoms with Crippen LogP contribution in [0, 0.1) is 5.92 Å². The summed E-state index contributed by atoms with van der Waals surface area (Å²) >= 11 is 0.